The number of benzene rings is 18. The van der Waals surface area contributed by atoms with E-state index in [-0.39, 0.29) is 0 Å². The third-order valence-electron chi connectivity index (χ3n) is 23.2. The van der Waals surface area contributed by atoms with Gasteiger partial charge in [-0.15, -0.1) is 0 Å². The van der Waals surface area contributed by atoms with Crippen LogP contribution in [0.3, 0.4) is 0 Å². The van der Waals surface area contributed by atoms with Gasteiger partial charge in [0.2, 0.25) is 0 Å². The monoisotopic (exact) mass is 1480 g/mol. The Labute approximate surface area is 666 Å². The van der Waals surface area contributed by atoms with Crippen LogP contribution >= 0.6 is 0 Å². The fourth-order valence-electron chi connectivity index (χ4n) is 17.8. The van der Waals surface area contributed by atoms with E-state index in [0.717, 1.165) is 100 Å². The van der Waals surface area contributed by atoms with E-state index in [0.29, 0.717) is 23.3 Å². The fraction of sp³-hybridized carbons (Fsp3) is 0. The van der Waals surface area contributed by atoms with Crippen LogP contribution in [0.5, 0.6) is 0 Å². The van der Waals surface area contributed by atoms with Gasteiger partial charge in [-0.1, -0.05) is 303 Å². The summed E-state index contributed by atoms with van der Waals surface area (Å²) in [7, 11) is 0. The molecule has 0 aliphatic heterocycles. The summed E-state index contributed by atoms with van der Waals surface area (Å²) in [4.78, 5) is 25.2. The van der Waals surface area contributed by atoms with Crippen molar-refractivity contribution in [1.82, 2.24) is 43.2 Å². The van der Waals surface area contributed by atoms with Gasteiger partial charge >= 0.3 is 0 Å². The molecule has 24 rings (SSSR count). The number of aromatic nitrogens is 9. The van der Waals surface area contributed by atoms with Crippen molar-refractivity contribution in [1.29, 1.82) is 0 Å². The van der Waals surface area contributed by atoms with E-state index in [1.807, 2.05) is 72.8 Å². The summed E-state index contributed by atoms with van der Waals surface area (Å²) in [6.45, 7) is 0. The Bertz CT molecular complexity index is 7490. The van der Waals surface area contributed by atoms with Gasteiger partial charge in [0.05, 0.1) is 55.5 Å². The first-order chi connectivity index (χ1) is 57.5. The molecule has 9 nitrogen and oxygen atoms in total. The highest BCUT2D eigenvalue weighted by Crippen LogP contribution is 2.46. The van der Waals surface area contributed by atoms with Crippen molar-refractivity contribution in [2.45, 2.75) is 0 Å². The molecule has 18 aromatic carbocycles. The number of fused-ring (bicyclic) bond motifs is 18. The van der Waals surface area contributed by atoms with Crippen LogP contribution in [0.25, 0.3) is 221 Å². The maximum absolute atomic E-state index is 5.14. The molecule has 0 saturated heterocycles. The summed E-state index contributed by atoms with van der Waals surface area (Å²) in [6.07, 6.45) is 0. The molecule has 0 aliphatic rings. The minimum absolute atomic E-state index is 0.640. The number of nitrogens with zero attached hydrogens (tertiary/aromatic N) is 9. The summed E-state index contributed by atoms with van der Waals surface area (Å²) in [6, 6.07) is 145. The van der Waals surface area contributed by atoms with Gasteiger partial charge in [0.25, 0.3) is 0 Å². The Hall–Kier alpha value is -15.7. The highest BCUT2D eigenvalue weighted by atomic mass is 15.0. The van der Waals surface area contributed by atoms with E-state index in [1.165, 1.54) is 97.7 Å². The van der Waals surface area contributed by atoms with Crippen molar-refractivity contribution < 1.29 is 0 Å². The van der Waals surface area contributed by atoms with Crippen LogP contribution < -0.4 is 0 Å². The second-order valence-electron chi connectivity index (χ2n) is 29.9. The lowest BCUT2D eigenvalue weighted by Gasteiger charge is -2.12. The zero-order chi connectivity index (χ0) is 76.3. The lowest BCUT2D eigenvalue weighted by molar-refractivity contribution is 1.07. The lowest BCUT2D eigenvalue weighted by atomic mass is 10.0. The Kier molecular flexibility index (Phi) is 15.4. The zero-order valence-corrected chi connectivity index (χ0v) is 62.7. The number of rotatable bonds is 10. The highest BCUT2D eigenvalue weighted by Gasteiger charge is 2.25. The number of hydrogen-bond acceptors (Lipinski definition) is 5. The molecule has 9 heteroatoms. The average molecular weight is 1480 g/mol. The Morgan fingerprint density at radius 1 is 0.155 bits per heavy atom. The van der Waals surface area contributed by atoms with Crippen LogP contribution in [0.1, 0.15) is 0 Å². The smallest absolute Gasteiger partial charge is 0.164 e. The molecule has 0 bridgehead atoms. The summed E-state index contributed by atoms with van der Waals surface area (Å²) >= 11 is 0. The normalized spacial score (nSPS) is 11.8. The predicted molar refractivity (Wildman–Crippen MR) is 482 cm³/mol. The predicted octanol–water partition coefficient (Wildman–Crippen LogP) is 27.4. The second-order valence-corrected chi connectivity index (χ2v) is 29.9. The topological polar surface area (TPSA) is 84.2 Å². The molecule has 116 heavy (non-hydrogen) atoms. The molecule has 0 N–H and O–H groups in total. The van der Waals surface area contributed by atoms with Crippen molar-refractivity contribution in [3.63, 3.8) is 0 Å². The minimum Gasteiger partial charge on any atom is -0.309 e. The molecule has 0 unspecified atom stereocenters. The molecular weight excluding hydrogens is 1410 g/mol. The van der Waals surface area contributed by atoms with Crippen LogP contribution in [0.4, 0.5) is 0 Å². The number of hydrogen-bond donors (Lipinski definition) is 0. The third-order valence-corrected chi connectivity index (χ3v) is 23.2. The number of para-hydroxylation sites is 4. The lowest BCUT2D eigenvalue weighted by Crippen LogP contribution is -2.00. The summed E-state index contributed by atoms with van der Waals surface area (Å²) < 4.78 is 9.78. The van der Waals surface area contributed by atoms with E-state index < -0.39 is 0 Å². The van der Waals surface area contributed by atoms with Crippen LogP contribution in [-0.4, -0.2) is 43.2 Å². The van der Waals surface area contributed by atoms with Crippen molar-refractivity contribution >= 4 is 130 Å². The van der Waals surface area contributed by atoms with Crippen LogP contribution in [0.15, 0.2) is 406 Å². The average Bonchev–Trinajstić information content (AvgIpc) is 1.55. The molecule has 0 radical (unpaired) electrons. The summed E-state index contributed by atoms with van der Waals surface area (Å²) in [5.74, 6) is 2.64. The maximum atomic E-state index is 5.14. The van der Waals surface area contributed by atoms with Crippen LogP contribution in [0, 0.1) is 0 Å². The van der Waals surface area contributed by atoms with Crippen molar-refractivity contribution in [2.24, 2.45) is 0 Å². The molecule has 24 aromatic rings. The standard InChI is InChI=1S/C54H34N4.C53H33N5/c1-3-14-37(15-4-1)47-34-48(38-16-5-2-6-17-38)56-54(55-47)40-24-23-36-26-27-42(33-41(36)31-40)57-50-22-12-10-20-46(50)52-51(57)30-29-45-44-19-9-11-21-49(44)58(53(45)52)43-28-25-35-13-7-8-18-39(35)32-43;1-3-14-36(15-4-1)51-54-52(37-16-5-2-6-17-37)56-53(55-51)39-24-23-35-26-27-41(33-40(35)31-39)57-47-22-12-10-20-45(47)49-48(57)30-29-44-43-19-9-11-21-46(43)58(50(44)49)42-28-25-34-13-7-8-18-38(34)32-42/h1-34H;1-33H. The van der Waals surface area contributed by atoms with Gasteiger partial charge in [-0.25, -0.2) is 24.9 Å². The van der Waals surface area contributed by atoms with Crippen LogP contribution in [-0.2, 0) is 0 Å². The largest absolute Gasteiger partial charge is 0.309 e. The van der Waals surface area contributed by atoms with Crippen molar-refractivity contribution in [2.75, 3.05) is 0 Å². The first kappa shape index (κ1) is 66.1. The Balaban J connectivity index is 0.000000137. The zero-order valence-electron chi connectivity index (χ0n) is 62.7. The quantitative estimate of drug-likeness (QED) is 0.136. The molecule has 0 fully saturated rings. The highest BCUT2D eigenvalue weighted by molar-refractivity contribution is 6.28. The molecule has 6 heterocycles. The summed E-state index contributed by atoms with van der Waals surface area (Å²) in [5, 5.41) is 19.4. The van der Waals surface area contributed by atoms with E-state index in [1.54, 1.807) is 0 Å². The minimum atomic E-state index is 0.640. The van der Waals surface area contributed by atoms with Gasteiger partial charge in [-0.05, 0) is 146 Å². The van der Waals surface area contributed by atoms with Crippen LogP contribution in [0.2, 0.25) is 0 Å². The first-order valence-corrected chi connectivity index (χ1v) is 39.4. The van der Waals surface area contributed by atoms with Gasteiger partial charge < -0.3 is 18.3 Å². The molecule has 0 atom stereocenters. The van der Waals surface area contributed by atoms with Crippen molar-refractivity contribution in [3.05, 3.63) is 406 Å². The first-order valence-electron chi connectivity index (χ1n) is 39.4. The molecule has 0 saturated carbocycles. The molecule has 6 aromatic heterocycles. The molecule has 540 valence electrons. The van der Waals surface area contributed by atoms with Gasteiger partial charge in [0.1, 0.15) is 0 Å². The molecule has 0 aliphatic carbocycles. The Morgan fingerprint density at radius 3 is 0.853 bits per heavy atom. The molecule has 0 spiro atoms. The van der Waals surface area contributed by atoms with Gasteiger partial charge in [0.15, 0.2) is 23.3 Å². The van der Waals surface area contributed by atoms with Gasteiger partial charge in [-0.2, -0.15) is 0 Å². The molecular formula is C107H67N9. The van der Waals surface area contributed by atoms with Gasteiger partial charge in [0, 0.05) is 99.2 Å². The van der Waals surface area contributed by atoms with E-state index in [4.69, 9.17) is 24.9 Å². The third kappa shape index (κ3) is 11.0. The Morgan fingerprint density at radius 2 is 0.448 bits per heavy atom. The maximum Gasteiger partial charge on any atom is 0.164 e. The van der Waals surface area contributed by atoms with Gasteiger partial charge in [-0.3, -0.25) is 0 Å². The van der Waals surface area contributed by atoms with E-state index in [2.05, 4.69) is 352 Å². The summed E-state index contributed by atoms with van der Waals surface area (Å²) in [5.41, 5.74) is 21.7. The fourth-order valence-corrected chi connectivity index (χ4v) is 17.8. The van der Waals surface area contributed by atoms with E-state index in [9.17, 15) is 0 Å². The van der Waals surface area contributed by atoms with Crippen molar-refractivity contribution in [3.8, 4) is 90.8 Å². The molecule has 0 amide bonds. The second kappa shape index (κ2) is 27.1. The SMILES string of the molecule is c1ccc(-c2cc(-c3ccccc3)nc(-c3ccc4ccc(-n5c6ccccc6c6c5ccc5c7ccccc7n(-c7ccc8ccccc8c7)c56)cc4c3)n2)cc1.c1ccc(-c2nc(-c3ccccc3)nc(-c3ccc4ccc(-n5c6ccccc6c6c5ccc5c7ccccc7n(-c7ccc8ccccc8c7)c56)cc4c3)n2)cc1. The van der Waals surface area contributed by atoms with E-state index >= 15 is 0 Å².